The van der Waals surface area contributed by atoms with E-state index in [1.807, 2.05) is 36.4 Å². The first-order chi connectivity index (χ1) is 8.63. The van der Waals surface area contributed by atoms with Crippen molar-refractivity contribution in [3.8, 4) is 11.4 Å². The zero-order valence-corrected chi connectivity index (χ0v) is 12.2. The van der Waals surface area contributed by atoms with E-state index < -0.39 is 0 Å². The van der Waals surface area contributed by atoms with Gasteiger partial charge in [-0.1, -0.05) is 11.6 Å². The maximum absolute atomic E-state index is 6.20. The number of nitrogens with one attached hydrogen (secondary N) is 1. The van der Waals surface area contributed by atoms with Crippen LogP contribution >= 0.6 is 34.2 Å². The monoisotopic (exact) mass is 369 g/mol. The van der Waals surface area contributed by atoms with E-state index >= 15 is 0 Å². The van der Waals surface area contributed by atoms with Crippen LogP contribution in [0.3, 0.4) is 0 Å². The van der Waals surface area contributed by atoms with Crippen molar-refractivity contribution in [3.05, 3.63) is 45.0 Å². The number of aromatic amines is 1. The number of aromatic nitrogens is 2. The van der Waals surface area contributed by atoms with Gasteiger partial charge in [-0.2, -0.15) is 0 Å². The van der Waals surface area contributed by atoms with Crippen LogP contribution in [0.5, 0.6) is 0 Å². The minimum Gasteiger partial charge on any atom is -0.399 e. The van der Waals surface area contributed by atoms with Crippen LogP contribution in [0, 0.1) is 3.57 Å². The minimum absolute atomic E-state index is 0.683. The molecule has 18 heavy (non-hydrogen) atoms. The normalized spacial score (nSPS) is 11.0. The molecule has 90 valence electrons. The van der Waals surface area contributed by atoms with Crippen LogP contribution in [0.4, 0.5) is 5.69 Å². The first-order valence-corrected chi connectivity index (χ1v) is 6.80. The topological polar surface area (TPSA) is 54.7 Å². The predicted octanol–water partition coefficient (Wildman–Crippen LogP) is 4.07. The summed E-state index contributed by atoms with van der Waals surface area (Å²) in [6.07, 6.45) is 0. The summed E-state index contributed by atoms with van der Waals surface area (Å²) in [5, 5.41) is 0.683. The van der Waals surface area contributed by atoms with Gasteiger partial charge in [0.15, 0.2) is 0 Å². The summed E-state index contributed by atoms with van der Waals surface area (Å²) in [7, 11) is 0. The molecule has 3 aromatic rings. The fourth-order valence-electron chi connectivity index (χ4n) is 1.83. The van der Waals surface area contributed by atoms with Gasteiger partial charge >= 0.3 is 0 Å². The molecule has 0 saturated carbocycles. The van der Waals surface area contributed by atoms with Crippen molar-refractivity contribution in [2.75, 3.05) is 5.73 Å². The highest BCUT2D eigenvalue weighted by molar-refractivity contribution is 14.1. The molecule has 0 aliphatic carbocycles. The molecule has 0 atom stereocenters. The van der Waals surface area contributed by atoms with Crippen molar-refractivity contribution in [2.24, 2.45) is 0 Å². The number of hydrogen-bond donors (Lipinski definition) is 2. The summed E-state index contributed by atoms with van der Waals surface area (Å²) in [6.45, 7) is 0. The molecule has 2 aromatic carbocycles. The number of benzene rings is 2. The van der Waals surface area contributed by atoms with Crippen LogP contribution in [0.2, 0.25) is 5.02 Å². The zero-order valence-electron chi connectivity index (χ0n) is 9.24. The molecule has 5 heteroatoms. The third-order valence-electron chi connectivity index (χ3n) is 2.69. The molecule has 3 rings (SSSR count). The van der Waals surface area contributed by atoms with E-state index in [0.717, 1.165) is 26.0 Å². The van der Waals surface area contributed by atoms with Crippen LogP contribution in [-0.2, 0) is 0 Å². The second-order valence-corrected chi connectivity index (χ2v) is 5.64. The first-order valence-electron chi connectivity index (χ1n) is 5.34. The molecule has 0 aliphatic rings. The fourth-order valence-corrected chi connectivity index (χ4v) is 2.53. The largest absolute Gasteiger partial charge is 0.399 e. The molecule has 0 unspecified atom stereocenters. The lowest BCUT2D eigenvalue weighted by molar-refractivity contribution is 1.33. The van der Waals surface area contributed by atoms with Gasteiger partial charge in [-0.15, -0.1) is 0 Å². The lowest BCUT2D eigenvalue weighted by Gasteiger charge is -2.00. The Bertz CT molecular complexity index is 736. The molecular weight excluding hydrogens is 361 g/mol. The minimum atomic E-state index is 0.683. The number of imidazole rings is 1. The van der Waals surface area contributed by atoms with Crippen molar-refractivity contribution < 1.29 is 0 Å². The molecule has 3 N–H and O–H groups in total. The van der Waals surface area contributed by atoms with E-state index in [1.165, 1.54) is 0 Å². The van der Waals surface area contributed by atoms with E-state index in [0.29, 0.717) is 10.7 Å². The number of anilines is 1. The molecule has 0 saturated heterocycles. The van der Waals surface area contributed by atoms with Gasteiger partial charge in [0.25, 0.3) is 0 Å². The second-order valence-electron chi connectivity index (χ2n) is 3.99. The van der Waals surface area contributed by atoms with E-state index in [1.54, 1.807) is 0 Å². The molecule has 0 bridgehead atoms. The molecule has 3 nitrogen and oxygen atoms in total. The zero-order chi connectivity index (χ0) is 12.7. The standard InChI is InChI=1S/C13H9ClIN3/c14-10-3-1-7(15)5-9(10)13-17-11-4-2-8(16)6-12(11)18-13/h1-6H,16H2,(H,17,18). The first kappa shape index (κ1) is 11.8. The third kappa shape index (κ3) is 2.06. The number of fused-ring (bicyclic) bond motifs is 1. The number of halogens is 2. The number of H-pyrrole nitrogens is 1. The summed E-state index contributed by atoms with van der Waals surface area (Å²) in [5.74, 6) is 0.763. The number of nitrogens with zero attached hydrogens (tertiary/aromatic N) is 1. The van der Waals surface area contributed by atoms with Crippen LogP contribution < -0.4 is 5.73 Å². The molecule has 1 aromatic heterocycles. The Labute approximate surface area is 123 Å². The SMILES string of the molecule is Nc1ccc2nc(-c3cc(I)ccc3Cl)[nH]c2c1. The van der Waals surface area contributed by atoms with Crippen molar-refractivity contribution in [3.63, 3.8) is 0 Å². The van der Waals surface area contributed by atoms with Crippen LogP contribution in [0.15, 0.2) is 36.4 Å². The van der Waals surface area contributed by atoms with E-state index in [4.69, 9.17) is 17.3 Å². The van der Waals surface area contributed by atoms with Gasteiger partial charge in [-0.25, -0.2) is 4.98 Å². The molecule has 1 heterocycles. The average Bonchev–Trinajstić information content (AvgIpc) is 2.74. The summed E-state index contributed by atoms with van der Waals surface area (Å²) in [4.78, 5) is 7.77. The Balaban J connectivity index is 2.22. The number of nitrogen functional groups attached to an aromatic ring is 1. The van der Waals surface area contributed by atoms with E-state index in [2.05, 4.69) is 32.6 Å². The predicted molar refractivity (Wildman–Crippen MR) is 83.7 cm³/mol. The van der Waals surface area contributed by atoms with E-state index in [-0.39, 0.29) is 0 Å². The highest BCUT2D eigenvalue weighted by atomic mass is 127. The van der Waals surface area contributed by atoms with Gasteiger partial charge in [0, 0.05) is 14.8 Å². The summed E-state index contributed by atoms with van der Waals surface area (Å²) in [6, 6.07) is 11.4. The molecule has 0 amide bonds. The molecule has 0 aliphatic heterocycles. The van der Waals surface area contributed by atoms with Crippen molar-refractivity contribution >= 4 is 50.9 Å². The van der Waals surface area contributed by atoms with Gasteiger partial charge in [-0.05, 0) is 59.0 Å². The fraction of sp³-hybridized carbons (Fsp3) is 0. The molecule has 0 spiro atoms. The van der Waals surface area contributed by atoms with Gasteiger partial charge in [-0.3, -0.25) is 0 Å². The van der Waals surface area contributed by atoms with Gasteiger partial charge in [0.1, 0.15) is 5.82 Å². The van der Waals surface area contributed by atoms with Crippen molar-refractivity contribution in [1.82, 2.24) is 9.97 Å². The number of rotatable bonds is 1. The molecular formula is C13H9ClIN3. The lowest BCUT2D eigenvalue weighted by atomic mass is 10.2. The van der Waals surface area contributed by atoms with E-state index in [9.17, 15) is 0 Å². The van der Waals surface area contributed by atoms with Crippen LogP contribution in [-0.4, -0.2) is 9.97 Å². The highest BCUT2D eigenvalue weighted by Gasteiger charge is 2.09. The second kappa shape index (κ2) is 4.44. The highest BCUT2D eigenvalue weighted by Crippen LogP contribution is 2.29. The Morgan fingerprint density at radius 2 is 2.00 bits per heavy atom. The average molecular weight is 370 g/mol. The Kier molecular flexibility index (Phi) is 2.91. The Hall–Kier alpha value is -1.27. The Morgan fingerprint density at radius 1 is 1.17 bits per heavy atom. The quantitative estimate of drug-likeness (QED) is 0.502. The van der Waals surface area contributed by atoms with Gasteiger partial charge < -0.3 is 10.7 Å². The third-order valence-corrected chi connectivity index (χ3v) is 3.69. The lowest BCUT2D eigenvalue weighted by Crippen LogP contribution is -1.83. The van der Waals surface area contributed by atoms with Crippen LogP contribution in [0.1, 0.15) is 0 Å². The maximum Gasteiger partial charge on any atom is 0.140 e. The van der Waals surface area contributed by atoms with Crippen molar-refractivity contribution in [2.45, 2.75) is 0 Å². The molecule has 0 fully saturated rings. The Morgan fingerprint density at radius 3 is 2.83 bits per heavy atom. The molecule has 0 radical (unpaired) electrons. The summed E-state index contributed by atoms with van der Waals surface area (Å²) >= 11 is 8.45. The smallest absolute Gasteiger partial charge is 0.140 e. The van der Waals surface area contributed by atoms with Crippen molar-refractivity contribution in [1.29, 1.82) is 0 Å². The van der Waals surface area contributed by atoms with Gasteiger partial charge in [0.2, 0.25) is 0 Å². The summed E-state index contributed by atoms with van der Waals surface area (Å²) < 4.78 is 1.12. The number of nitrogens with two attached hydrogens (primary N) is 1. The number of hydrogen-bond acceptors (Lipinski definition) is 2. The maximum atomic E-state index is 6.20. The van der Waals surface area contributed by atoms with Crippen LogP contribution in [0.25, 0.3) is 22.4 Å². The summed E-state index contributed by atoms with van der Waals surface area (Å²) in [5.41, 5.74) is 9.17. The van der Waals surface area contributed by atoms with Gasteiger partial charge in [0.05, 0.1) is 16.1 Å².